The maximum Gasteiger partial charge on any atom is 0.325 e. The van der Waals surface area contributed by atoms with E-state index in [0.717, 1.165) is 11.3 Å². The number of aromatic nitrogens is 1. The van der Waals surface area contributed by atoms with E-state index in [-0.39, 0.29) is 17.7 Å². The lowest BCUT2D eigenvalue weighted by molar-refractivity contribution is -0.123. The summed E-state index contributed by atoms with van der Waals surface area (Å²) in [7, 11) is 1.52. The van der Waals surface area contributed by atoms with Crippen molar-refractivity contribution in [3.8, 4) is 5.75 Å². The molecule has 0 saturated carbocycles. The molecule has 154 valence electrons. The number of piperidine rings is 1. The third kappa shape index (κ3) is 4.83. The fourth-order valence-electron chi connectivity index (χ4n) is 3.16. The van der Waals surface area contributed by atoms with E-state index in [1.807, 2.05) is 0 Å². The maximum absolute atomic E-state index is 12.8. The van der Waals surface area contributed by atoms with E-state index in [1.165, 1.54) is 7.11 Å². The number of hydrogen-bond acceptors (Lipinski definition) is 6. The van der Waals surface area contributed by atoms with Gasteiger partial charge in [-0.1, -0.05) is 23.5 Å². The number of aryl methyl sites for hydroxylation is 1. The number of carbonyl (C=O) groups excluding carboxylic acids is 3. The third-order valence-electron chi connectivity index (χ3n) is 4.75. The zero-order chi connectivity index (χ0) is 21.0. The molecule has 29 heavy (non-hydrogen) atoms. The van der Waals surface area contributed by atoms with Gasteiger partial charge in [-0.25, -0.2) is 9.78 Å². The Hall–Kier alpha value is -3.14. The summed E-state index contributed by atoms with van der Waals surface area (Å²) in [5, 5.41) is 5.68. The first-order valence-electron chi connectivity index (χ1n) is 9.16. The molecule has 4 amide bonds. The van der Waals surface area contributed by atoms with Gasteiger partial charge in [-0.05, 0) is 31.9 Å². The molecular formula is C19H23N5O4S. The molecule has 3 rings (SSSR count). The van der Waals surface area contributed by atoms with Crippen LogP contribution in [0.15, 0.2) is 24.3 Å². The summed E-state index contributed by atoms with van der Waals surface area (Å²) in [6.45, 7) is 2.67. The monoisotopic (exact) mass is 417 g/mol. The van der Waals surface area contributed by atoms with Gasteiger partial charge >= 0.3 is 6.03 Å². The molecule has 0 bridgehead atoms. The number of benzene rings is 1. The average Bonchev–Trinajstić information content (AvgIpc) is 3.07. The molecule has 4 N–H and O–H groups in total. The first-order chi connectivity index (χ1) is 13.9. The first-order valence-corrected chi connectivity index (χ1v) is 9.97. The standard InChI is InChI=1S/C19H23N5O4S/c1-11-15(17(26)24-9-7-12(8-10-24)16(20)25)29-19(21-11)23-18(27)22-13-5-3-4-6-14(13)28-2/h3-6,12H,7-10H2,1-2H3,(H2,20,25)(H2,21,22,23,27). The minimum atomic E-state index is -0.482. The Morgan fingerprint density at radius 1 is 1.21 bits per heavy atom. The number of anilines is 2. The Morgan fingerprint density at radius 3 is 2.55 bits per heavy atom. The predicted octanol–water partition coefficient (Wildman–Crippen LogP) is 2.44. The summed E-state index contributed by atoms with van der Waals surface area (Å²) in [6.07, 6.45) is 1.12. The van der Waals surface area contributed by atoms with Crippen molar-refractivity contribution < 1.29 is 19.1 Å². The Kier molecular flexibility index (Phi) is 6.32. The number of carbonyl (C=O) groups is 3. The fraction of sp³-hybridized carbons (Fsp3) is 0.368. The number of rotatable bonds is 5. The van der Waals surface area contributed by atoms with Gasteiger partial charge in [0.1, 0.15) is 10.6 Å². The Morgan fingerprint density at radius 2 is 1.90 bits per heavy atom. The largest absolute Gasteiger partial charge is 0.495 e. The second kappa shape index (κ2) is 8.91. The third-order valence-corrected chi connectivity index (χ3v) is 5.81. The van der Waals surface area contributed by atoms with E-state index in [2.05, 4.69) is 15.6 Å². The lowest BCUT2D eigenvalue weighted by Crippen LogP contribution is -2.41. The number of nitrogens with two attached hydrogens (primary N) is 1. The van der Waals surface area contributed by atoms with Crippen LogP contribution in [-0.2, 0) is 4.79 Å². The van der Waals surface area contributed by atoms with Gasteiger partial charge in [-0.15, -0.1) is 0 Å². The summed E-state index contributed by atoms with van der Waals surface area (Å²) in [5.41, 5.74) is 6.41. The van der Waals surface area contributed by atoms with Gasteiger partial charge in [0.05, 0.1) is 18.5 Å². The molecule has 1 fully saturated rings. The second-order valence-corrected chi connectivity index (χ2v) is 7.68. The highest BCUT2D eigenvalue weighted by atomic mass is 32.1. The van der Waals surface area contributed by atoms with Gasteiger partial charge in [-0.2, -0.15) is 0 Å². The van der Waals surface area contributed by atoms with Crippen molar-refractivity contribution in [3.63, 3.8) is 0 Å². The molecule has 0 unspecified atom stereocenters. The highest BCUT2D eigenvalue weighted by Crippen LogP contribution is 2.27. The number of primary amides is 1. The lowest BCUT2D eigenvalue weighted by atomic mass is 9.96. The molecule has 2 aromatic rings. The molecule has 1 aliphatic heterocycles. The number of thiazole rings is 1. The Labute approximate surface area is 172 Å². The van der Waals surface area contributed by atoms with Crippen molar-refractivity contribution in [1.29, 1.82) is 0 Å². The summed E-state index contributed by atoms with van der Waals surface area (Å²) in [5.74, 6) is -0.120. The number of methoxy groups -OCH3 is 1. The number of likely N-dealkylation sites (tertiary alicyclic amines) is 1. The Bertz CT molecular complexity index is 921. The van der Waals surface area contributed by atoms with Gasteiger partial charge < -0.3 is 20.7 Å². The maximum atomic E-state index is 12.8. The number of amides is 4. The van der Waals surface area contributed by atoms with E-state index in [0.29, 0.717) is 53.1 Å². The normalized spacial score (nSPS) is 14.3. The zero-order valence-corrected chi connectivity index (χ0v) is 17.0. The van der Waals surface area contributed by atoms with Crippen LogP contribution in [0.25, 0.3) is 0 Å². The first kappa shape index (κ1) is 20.6. The van der Waals surface area contributed by atoms with Crippen LogP contribution in [0, 0.1) is 12.8 Å². The average molecular weight is 417 g/mol. The van der Waals surface area contributed by atoms with Crippen molar-refractivity contribution in [3.05, 3.63) is 34.8 Å². The molecule has 1 aliphatic rings. The van der Waals surface area contributed by atoms with E-state index in [4.69, 9.17) is 10.5 Å². The SMILES string of the molecule is COc1ccccc1NC(=O)Nc1nc(C)c(C(=O)N2CCC(C(N)=O)CC2)s1. The zero-order valence-electron chi connectivity index (χ0n) is 16.2. The van der Waals surface area contributed by atoms with Crippen molar-refractivity contribution >= 4 is 40.0 Å². The molecule has 0 radical (unpaired) electrons. The number of ether oxygens (including phenoxy) is 1. The molecule has 0 aliphatic carbocycles. The van der Waals surface area contributed by atoms with Gasteiger partial charge in [-0.3, -0.25) is 14.9 Å². The van der Waals surface area contributed by atoms with Crippen molar-refractivity contribution in [1.82, 2.24) is 9.88 Å². The number of urea groups is 1. The van der Waals surface area contributed by atoms with Crippen LogP contribution in [0.5, 0.6) is 5.75 Å². The number of para-hydroxylation sites is 2. The van der Waals surface area contributed by atoms with Crippen LogP contribution >= 0.6 is 11.3 Å². The highest BCUT2D eigenvalue weighted by Gasteiger charge is 2.28. The molecular weight excluding hydrogens is 394 g/mol. The topological polar surface area (TPSA) is 127 Å². The fourth-order valence-corrected chi connectivity index (χ4v) is 4.09. The van der Waals surface area contributed by atoms with Crippen LogP contribution in [0.3, 0.4) is 0 Å². The number of hydrogen-bond donors (Lipinski definition) is 3. The lowest BCUT2D eigenvalue weighted by Gasteiger charge is -2.30. The molecule has 1 aromatic heterocycles. The van der Waals surface area contributed by atoms with Crippen LogP contribution in [-0.4, -0.2) is 47.9 Å². The molecule has 10 heteroatoms. The van der Waals surface area contributed by atoms with Crippen molar-refractivity contribution in [2.75, 3.05) is 30.8 Å². The van der Waals surface area contributed by atoms with Crippen LogP contribution in [0.2, 0.25) is 0 Å². The molecule has 0 atom stereocenters. The van der Waals surface area contributed by atoms with Gasteiger partial charge in [0.2, 0.25) is 5.91 Å². The minimum Gasteiger partial charge on any atom is -0.495 e. The highest BCUT2D eigenvalue weighted by molar-refractivity contribution is 7.17. The van der Waals surface area contributed by atoms with E-state index < -0.39 is 6.03 Å². The quantitative estimate of drug-likeness (QED) is 0.689. The van der Waals surface area contributed by atoms with Crippen molar-refractivity contribution in [2.45, 2.75) is 19.8 Å². The van der Waals surface area contributed by atoms with Gasteiger partial charge in [0, 0.05) is 19.0 Å². The van der Waals surface area contributed by atoms with E-state index in [9.17, 15) is 14.4 Å². The van der Waals surface area contributed by atoms with Gasteiger partial charge in [0.15, 0.2) is 5.13 Å². The molecule has 9 nitrogen and oxygen atoms in total. The van der Waals surface area contributed by atoms with Crippen molar-refractivity contribution in [2.24, 2.45) is 11.7 Å². The summed E-state index contributed by atoms with van der Waals surface area (Å²) in [4.78, 5) is 42.8. The van der Waals surface area contributed by atoms with Gasteiger partial charge in [0.25, 0.3) is 5.91 Å². The summed E-state index contributed by atoms with van der Waals surface area (Å²) < 4.78 is 5.21. The predicted molar refractivity (Wildman–Crippen MR) is 110 cm³/mol. The Balaban J connectivity index is 1.63. The smallest absolute Gasteiger partial charge is 0.325 e. The van der Waals surface area contributed by atoms with E-state index in [1.54, 1.807) is 36.1 Å². The van der Waals surface area contributed by atoms with Crippen LogP contribution in [0.1, 0.15) is 28.2 Å². The summed E-state index contributed by atoms with van der Waals surface area (Å²) >= 11 is 1.12. The summed E-state index contributed by atoms with van der Waals surface area (Å²) in [6, 6.07) is 6.56. The molecule has 2 heterocycles. The van der Waals surface area contributed by atoms with Crippen LogP contribution in [0.4, 0.5) is 15.6 Å². The number of nitrogens with zero attached hydrogens (tertiary/aromatic N) is 2. The molecule has 1 aromatic carbocycles. The minimum absolute atomic E-state index is 0.152. The second-order valence-electron chi connectivity index (χ2n) is 6.68. The molecule has 0 spiro atoms. The number of nitrogens with one attached hydrogen (secondary N) is 2. The van der Waals surface area contributed by atoms with E-state index >= 15 is 0 Å². The van der Waals surface area contributed by atoms with Crippen LogP contribution < -0.4 is 21.1 Å². The molecule has 1 saturated heterocycles.